The molecule has 0 spiro atoms. The number of carbonyl (C=O) groups is 1. The summed E-state index contributed by atoms with van der Waals surface area (Å²) in [5, 5.41) is 1.99. The second-order valence-electron chi connectivity index (χ2n) is 6.22. The van der Waals surface area contributed by atoms with Crippen LogP contribution in [0.2, 0.25) is 0 Å². The number of pyridine rings is 1. The highest BCUT2D eigenvalue weighted by Crippen LogP contribution is 2.19. The zero-order valence-corrected chi connectivity index (χ0v) is 15.3. The number of carbonyl (C=O) groups excluding carboxylic acids is 1. The molecule has 1 aliphatic rings. The van der Waals surface area contributed by atoms with E-state index >= 15 is 0 Å². The van der Waals surface area contributed by atoms with Crippen LogP contribution in [0.5, 0.6) is 5.75 Å². The standard InChI is InChI=1S/C19H22N2O3S/c1-14-12-16(13-19(23)20(14)2)24-15-7-9-21(10-8-15)18(22)6-5-17-4-3-11-25-17/h3-6,11-13,15H,7-10H2,1-2H3/b6-5+. The van der Waals surface area contributed by atoms with Crippen LogP contribution in [-0.4, -0.2) is 34.6 Å². The van der Waals surface area contributed by atoms with Gasteiger partial charge in [-0.05, 0) is 30.5 Å². The molecule has 0 unspecified atom stereocenters. The van der Waals surface area contributed by atoms with Gasteiger partial charge >= 0.3 is 0 Å². The van der Waals surface area contributed by atoms with Gasteiger partial charge in [-0.2, -0.15) is 0 Å². The lowest BCUT2D eigenvalue weighted by Crippen LogP contribution is -2.41. The van der Waals surface area contributed by atoms with Gasteiger partial charge in [-0.15, -0.1) is 11.3 Å². The number of aryl methyl sites for hydroxylation is 1. The lowest BCUT2D eigenvalue weighted by Gasteiger charge is -2.31. The molecule has 0 aromatic carbocycles. The molecule has 2 aromatic rings. The summed E-state index contributed by atoms with van der Waals surface area (Å²) in [6.07, 6.45) is 5.08. The summed E-state index contributed by atoms with van der Waals surface area (Å²) in [5.41, 5.74) is 0.801. The van der Waals surface area contributed by atoms with E-state index in [1.54, 1.807) is 29.0 Å². The van der Waals surface area contributed by atoms with E-state index < -0.39 is 0 Å². The maximum atomic E-state index is 12.2. The molecule has 6 heteroatoms. The summed E-state index contributed by atoms with van der Waals surface area (Å²) in [5.74, 6) is 0.652. The zero-order chi connectivity index (χ0) is 17.8. The molecule has 3 heterocycles. The summed E-state index contributed by atoms with van der Waals surface area (Å²) in [4.78, 5) is 27.0. The van der Waals surface area contributed by atoms with Gasteiger partial charge in [0.05, 0.1) is 0 Å². The van der Waals surface area contributed by atoms with E-state index in [1.165, 1.54) is 6.07 Å². The van der Waals surface area contributed by atoms with E-state index in [9.17, 15) is 9.59 Å². The minimum atomic E-state index is -0.0682. The quantitative estimate of drug-likeness (QED) is 0.790. The second-order valence-corrected chi connectivity index (χ2v) is 7.20. The summed E-state index contributed by atoms with van der Waals surface area (Å²) in [7, 11) is 1.75. The van der Waals surface area contributed by atoms with Gasteiger partial charge in [-0.25, -0.2) is 0 Å². The largest absolute Gasteiger partial charge is 0.490 e. The van der Waals surface area contributed by atoms with E-state index in [0.29, 0.717) is 18.8 Å². The number of rotatable bonds is 4. The Hall–Kier alpha value is -2.34. The average molecular weight is 358 g/mol. The number of amides is 1. The van der Waals surface area contributed by atoms with Gasteiger partial charge in [0.15, 0.2) is 0 Å². The maximum Gasteiger partial charge on any atom is 0.254 e. The van der Waals surface area contributed by atoms with Crippen molar-refractivity contribution in [2.24, 2.45) is 7.05 Å². The van der Waals surface area contributed by atoms with E-state index in [1.807, 2.05) is 41.5 Å². The van der Waals surface area contributed by atoms with Crippen LogP contribution in [0.1, 0.15) is 23.4 Å². The predicted molar refractivity (Wildman–Crippen MR) is 100 cm³/mol. The van der Waals surface area contributed by atoms with Crippen LogP contribution in [0.25, 0.3) is 6.08 Å². The normalized spacial score (nSPS) is 15.7. The zero-order valence-electron chi connectivity index (χ0n) is 14.5. The van der Waals surface area contributed by atoms with Crippen molar-refractivity contribution in [2.45, 2.75) is 25.9 Å². The Balaban J connectivity index is 1.53. The van der Waals surface area contributed by atoms with Crippen LogP contribution >= 0.6 is 11.3 Å². The summed E-state index contributed by atoms with van der Waals surface area (Å²) >= 11 is 1.61. The molecular weight excluding hydrogens is 336 g/mol. The van der Waals surface area contributed by atoms with Crippen molar-refractivity contribution in [1.82, 2.24) is 9.47 Å². The molecule has 0 N–H and O–H groups in total. The van der Waals surface area contributed by atoms with E-state index in [-0.39, 0.29) is 17.6 Å². The SMILES string of the molecule is Cc1cc(OC2CCN(C(=O)/C=C/c3cccs3)CC2)cc(=O)n1C. The van der Waals surface area contributed by atoms with Crippen LogP contribution < -0.4 is 10.3 Å². The van der Waals surface area contributed by atoms with Gasteiger partial charge in [0.1, 0.15) is 11.9 Å². The number of hydrogen-bond acceptors (Lipinski definition) is 4. The molecule has 1 saturated heterocycles. The van der Waals surface area contributed by atoms with Crippen molar-refractivity contribution in [3.05, 3.63) is 56.6 Å². The number of piperidine rings is 1. The fraction of sp³-hybridized carbons (Fsp3) is 0.368. The lowest BCUT2D eigenvalue weighted by atomic mass is 10.1. The topological polar surface area (TPSA) is 51.5 Å². The summed E-state index contributed by atoms with van der Waals surface area (Å²) in [6, 6.07) is 7.36. The number of aromatic nitrogens is 1. The lowest BCUT2D eigenvalue weighted by molar-refractivity contribution is -0.127. The van der Waals surface area contributed by atoms with Gasteiger partial charge in [-0.3, -0.25) is 9.59 Å². The first-order valence-electron chi connectivity index (χ1n) is 8.38. The smallest absolute Gasteiger partial charge is 0.254 e. The highest BCUT2D eigenvalue weighted by atomic mass is 32.1. The first-order chi connectivity index (χ1) is 12.0. The molecule has 2 aromatic heterocycles. The van der Waals surface area contributed by atoms with Crippen molar-refractivity contribution in [3.8, 4) is 5.75 Å². The fourth-order valence-electron chi connectivity index (χ4n) is 2.84. The molecule has 1 fully saturated rings. The minimum Gasteiger partial charge on any atom is -0.490 e. The molecule has 0 radical (unpaired) electrons. The van der Waals surface area contributed by atoms with Crippen LogP contribution in [0.4, 0.5) is 0 Å². The third-order valence-electron chi connectivity index (χ3n) is 4.47. The van der Waals surface area contributed by atoms with Crippen molar-refractivity contribution < 1.29 is 9.53 Å². The van der Waals surface area contributed by atoms with Gasteiger partial charge in [0.25, 0.3) is 5.56 Å². The van der Waals surface area contributed by atoms with E-state index in [4.69, 9.17) is 4.74 Å². The van der Waals surface area contributed by atoms with Crippen LogP contribution in [0.3, 0.4) is 0 Å². The number of nitrogens with zero attached hydrogens (tertiary/aromatic N) is 2. The van der Waals surface area contributed by atoms with Crippen LogP contribution in [0.15, 0.2) is 40.5 Å². The Labute approximate surface area is 151 Å². The van der Waals surface area contributed by atoms with Crippen LogP contribution in [-0.2, 0) is 11.8 Å². The number of hydrogen-bond donors (Lipinski definition) is 0. The van der Waals surface area contributed by atoms with E-state index in [0.717, 1.165) is 23.4 Å². The van der Waals surface area contributed by atoms with Crippen molar-refractivity contribution >= 4 is 23.3 Å². The maximum absolute atomic E-state index is 12.2. The van der Waals surface area contributed by atoms with Crippen molar-refractivity contribution in [2.75, 3.05) is 13.1 Å². The average Bonchev–Trinajstić information content (AvgIpc) is 3.12. The fourth-order valence-corrected chi connectivity index (χ4v) is 3.45. The Morgan fingerprint density at radius 3 is 2.72 bits per heavy atom. The van der Waals surface area contributed by atoms with Crippen molar-refractivity contribution in [3.63, 3.8) is 0 Å². The molecule has 0 bridgehead atoms. The van der Waals surface area contributed by atoms with Gasteiger partial charge in [-0.1, -0.05) is 6.07 Å². The Bertz CT molecular complexity index is 816. The molecule has 0 atom stereocenters. The third kappa shape index (κ3) is 4.39. The molecule has 5 nitrogen and oxygen atoms in total. The molecule has 25 heavy (non-hydrogen) atoms. The monoisotopic (exact) mass is 358 g/mol. The Morgan fingerprint density at radius 2 is 2.08 bits per heavy atom. The molecule has 0 saturated carbocycles. The molecule has 3 rings (SSSR count). The van der Waals surface area contributed by atoms with Gasteiger partial charge in [0, 0.05) is 55.7 Å². The first kappa shape index (κ1) is 17.5. The van der Waals surface area contributed by atoms with Crippen molar-refractivity contribution in [1.29, 1.82) is 0 Å². The Morgan fingerprint density at radius 1 is 1.32 bits per heavy atom. The third-order valence-corrected chi connectivity index (χ3v) is 5.30. The minimum absolute atomic E-state index is 0.0382. The predicted octanol–water partition coefficient (Wildman–Crippen LogP) is 2.84. The molecule has 132 valence electrons. The van der Waals surface area contributed by atoms with Gasteiger partial charge < -0.3 is 14.2 Å². The molecule has 1 amide bonds. The number of thiophene rings is 1. The first-order valence-corrected chi connectivity index (χ1v) is 9.26. The van der Waals surface area contributed by atoms with Crippen LogP contribution in [0, 0.1) is 6.92 Å². The summed E-state index contributed by atoms with van der Waals surface area (Å²) < 4.78 is 7.54. The molecule has 0 aliphatic carbocycles. The summed E-state index contributed by atoms with van der Waals surface area (Å²) in [6.45, 7) is 3.22. The number of likely N-dealkylation sites (tertiary alicyclic amines) is 1. The molecule has 1 aliphatic heterocycles. The highest BCUT2D eigenvalue weighted by molar-refractivity contribution is 7.10. The van der Waals surface area contributed by atoms with E-state index in [2.05, 4.69) is 0 Å². The van der Waals surface area contributed by atoms with Gasteiger partial charge in [0.2, 0.25) is 5.91 Å². The Kier molecular flexibility index (Phi) is 5.38. The highest BCUT2D eigenvalue weighted by Gasteiger charge is 2.23. The second kappa shape index (κ2) is 7.70. The molecular formula is C19H22N2O3S. The number of ether oxygens (including phenoxy) is 1.